The lowest BCUT2D eigenvalue weighted by Gasteiger charge is -2.30. The molecule has 1 rings (SSSR count). The first kappa shape index (κ1) is 17.8. The van der Waals surface area contributed by atoms with Gasteiger partial charge in [0.2, 0.25) is 0 Å². The Kier molecular flexibility index (Phi) is 6.82. The molecule has 0 aromatic carbocycles. The number of carbonyl (C=O) groups is 1. The SMILES string of the molecule is CC(C)(S)CCOC(=O)C(C)(C)CCN1CCOCC1. The summed E-state index contributed by atoms with van der Waals surface area (Å²) >= 11 is 4.43. The maximum Gasteiger partial charge on any atom is 0.311 e. The highest BCUT2D eigenvalue weighted by Gasteiger charge is 2.30. The quantitative estimate of drug-likeness (QED) is 0.579. The zero-order valence-electron chi connectivity index (χ0n) is 13.3. The smallest absolute Gasteiger partial charge is 0.311 e. The zero-order valence-corrected chi connectivity index (χ0v) is 14.2. The molecule has 0 aliphatic carbocycles. The first-order valence-electron chi connectivity index (χ1n) is 7.40. The summed E-state index contributed by atoms with van der Waals surface area (Å²) in [5.74, 6) is -0.108. The van der Waals surface area contributed by atoms with Crippen LogP contribution in [-0.2, 0) is 14.3 Å². The summed E-state index contributed by atoms with van der Waals surface area (Å²) in [5.41, 5.74) is -0.432. The molecule has 118 valence electrons. The number of esters is 1. The summed E-state index contributed by atoms with van der Waals surface area (Å²) in [5, 5.41) is 0. The number of thiol groups is 1. The lowest BCUT2D eigenvalue weighted by Crippen LogP contribution is -2.39. The fraction of sp³-hybridized carbons (Fsp3) is 0.933. The minimum atomic E-state index is -0.432. The molecule has 1 aliphatic heterocycles. The van der Waals surface area contributed by atoms with Crippen molar-refractivity contribution in [2.75, 3.05) is 39.5 Å². The van der Waals surface area contributed by atoms with Crippen LogP contribution in [0.2, 0.25) is 0 Å². The van der Waals surface area contributed by atoms with Crippen LogP contribution in [0.4, 0.5) is 0 Å². The second kappa shape index (κ2) is 7.66. The van der Waals surface area contributed by atoms with Crippen molar-refractivity contribution in [3.05, 3.63) is 0 Å². The highest BCUT2D eigenvalue weighted by molar-refractivity contribution is 7.81. The number of rotatable bonds is 7. The Bertz CT molecular complexity index is 307. The Hall–Kier alpha value is -0.260. The summed E-state index contributed by atoms with van der Waals surface area (Å²) in [6, 6.07) is 0. The minimum Gasteiger partial charge on any atom is -0.465 e. The molecule has 0 atom stereocenters. The van der Waals surface area contributed by atoms with E-state index in [0.29, 0.717) is 6.61 Å². The van der Waals surface area contributed by atoms with Gasteiger partial charge in [-0.3, -0.25) is 9.69 Å². The van der Waals surface area contributed by atoms with Crippen molar-refractivity contribution < 1.29 is 14.3 Å². The lowest BCUT2D eigenvalue weighted by molar-refractivity contribution is -0.154. The first-order chi connectivity index (χ1) is 9.21. The molecule has 20 heavy (non-hydrogen) atoms. The largest absolute Gasteiger partial charge is 0.465 e. The fourth-order valence-corrected chi connectivity index (χ4v) is 2.04. The number of ether oxygens (including phenoxy) is 2. The molecule has 0 aromatic heterocycles. The van der Waals surface area contributed by atoms with Gasteiger partial charge in [0.25, 0.3) is 0 Å². The number of carbonyl (C=O) groups excluding carboxylic acids is 1. The molecule has 0 N–H and O–H groups in total. The van der Waals surface area contributed by atoms with E-state index in [-0.39, 0.29) is 10.7 Å². The zero-order chi connectivity index (χ0) is 15.2. The van der Waals surface area contributed by atoms with Crippen molar-refractivity contribution in [3.8, 4) is 0 Å². The van der Waals surface area contributed by atoms with Crippen LogP contribution in [0.25, 0.3) is 0 Å². The van der Waals surface area contributed by atoms with Gasteiger partial charge < -0.3 is 9.47 Å². The molecule has 0 aromatic rings. The number of hydrogen-bond acceptors (Lipinski definition) is 5. The summed E-state index contributed by atoms with van der Waals surface area (Å²) in [6.45, 7) is 12.8. The van der Waals surface area contributed by atoms with Crippen molar-refractivity contribution in [1.82, 2.24) is 4.90 Å². The van der Waals surface area contributed by atoms with Gasteiger partial charge >= 0.3 is 5.97 Å². The molecule has 0 unspecified atom stereocenters. The van der Waals surface area contributed by atoms with Gasteiger partial charge in [-0.1, -0.05) is 13.8 Å². The molecule has 4 nitrogen and oxygen atoms in total. The number of hydrogen-bond donors (Lipinski definition) is 1. The van der Waals surface area contributed by atoms with Crippen molar-refractivity contribution in [3.63, 3.8) is 0 Å². The summed E-state index contributed by atoms with van der Waals surface area (Å²) in [6.07, 6.45) is 1.58. The predicted molar refractivity (Wildman–Crippen MR) is 84.3 cm³/mol. The molecule has 0 saturated carbocycles. The van der Waals surface area contributed by atoms with Gasteiger partial charge in [-0.15, -0.1) is 0 Å². The second-order valence-electron chi connectivity index (χ2n) is 6.79. The van der Waals surface area contributed by atoms with Crippen molar-refractivity contribution in [1.29, 1.82) is 0 Å². The van der Waals surface area contributed by atoms with Crippen LogP contribution in [-0.4, -0.2) is 55.1 Å². The molecule has 1 saturated heterocycles. The van der Waals surface area contributed by atoms with E-state index < -0.39 is 5.41 Å². The predicted octanol–water partition coefficient (Wildman–Crippen LogP) is 2.38. The van der Waals surface area contributed by atoms with E-state index >= 15 is 0 Å². The number of nitrogens with zero attached hydrogens (tertiary/aromatic N) is 1. The van der Waals surface area contributed by atoms with Crippen LogP contribution in [0.3, 0.4) is 0 Å². The molecule has 0 radical (unpaired) electrons. The maximum atomic E-state index is 12.1. The molecule has 0 amide bonds. The molecule has 5 heteroatoms. The Morgan fingerprint density at radius 1 is 1.20 bits per heavy atom. The van der Waals surface area contributed by atoms with Crippen LogP contribution in [0.15, 0.2) is 0 Å². The third-order valence-corrected chi connectivity index (χ3v) is 3.88. The Morgan fingerprint density at radius 3 is 2.35 bits per heavy atom. The summed E-state index contributed by atoms with van der Waals surface area (Å²) in [4.78, 5) is 14.5. The molecular formula is C15H29NO3S. The highest BCUT2D eigenvalue weighted by atomic mass is 32.1. The minimum absolute atomic E-state index is 0.0990. The topological polar surface area (TPSA) is 38.8 Å². The van der Waals surface area contributed by atoms with Crippen LogP contribution in [0.5, 0.6) is 0 Å². The Labute approximate surface area is 128 Å². The van der Waals surface area contributed by atoms with E-state index in [4.69, 9.17) is 9.47 Å². The third-order valence-electron chi connectivity index (χ3n) is 3.66. The van der Waals surface area contributed by atoms with Gasteiger partial charge in [-0.25, -0.2) is 0 Å². The molecular weight excluding hydrogens is 274 g/mol. The van der Waals surface area contributed by atoms with E-state index in [1.54, 1.807) is 0 Å². The molecule has 1 fully saturated rings. The van der Waals surface area contributed by atoms with Crippen LogP contribution in [0, 0.1) is 5.41 Å². The van der Waals surface area contributed by atoms with Gasteiger partial charge in [-0.05, 0) is 33.2 Å². The molecule has 1 heterocycles. The molecule has 0 bridgehead atoms. The van der Waals surface area contributed by atoms with E-state index in [9.17, 15) is 4.79 Å². The average molecular weight is 303 g/mol. The summed E-state index contributed by atoms with van der Waals surface area (Å²) in [7, 11) is 0. The van der Waals surface area contributed by atoms with E-state index in [2.05, 4.69) is 17.5 Å². The standard InChI is InChI=1S/C15H29NO3S/c1-14(2,5-7-16-8-11-18-12-9-16)13(17)19-10-6-15(3,4)20/h20H,5-12H2,1-4H3. The molecule has 0 spiro atoms. The van der Waals surface area contributed by atoms with Crippen molar-refractivity contribution in [2.45, 2.75) is 45.3 Å². The average Bonchev–Trinajstić information content (AvgIpc) is 2.36. The van der Waals surface area contributed by atoms with Crippen LogP contribution < -0.4 is 0 Å². The highest BCUT2D eigenvalue weighted by Crippen LogP contribution is 2.24. The lowest BCUT2D eigenvalue weighted by atomic mass is 9.89. The van der Waals surface area contributed by atoms with Gasteiger partial charge in [0.05, 0.1) is 25.2 Å². The fourth-order valence-electron chi connectivity index (χ4n) is 1.95. The van der Waals surface area contributed by atoms with Crippen molar-refractivity contribution in [2.24, 2.45) is 5.41 Å². The van der Waals surface area contributed by atoms with Gasteiger partial charge in [-0.2, -0.15) is 12.6 Å². The van der Waals surface area contributed by atoms with Crippen LogP contribution >= 0.6 is 12.6 Å². The van der Waals surface area contributed by atoms with Gasteiger partial charge in [0, 0.05) is 17.8 Å². The maximum absolute atomic E-state index is 12.1. The first-order valence-corrected chi connectivity index (χ1v) is 7.85. The van der Waals surface area contributed by atoms with E-state index in [1.165, 1.54) is 0 Å². The van der Waals surface area contributed by atoms with E-state index in [1.807, 2.05) is 27.7 Å². The van der Waals surface area contributed by atoms with E-state index in [0.717, 1.165) is 45.7 Å². The number of morpholine rings is 1. The third kappa shape index (κ3) is 6.95. The normalized spacial score (nSPS) is 18.1. The Morgan fingerprint density at radius 2 is 1.80 bits per heavy atom. The summed E-state index contributed by atoms with van der Waals surface area (Å²) < 4.78 is 10.6. The van der Waals surface area contributed by atoms with Gasteiger partial charge in [0.15, 0.2) is 0 Å². The van der Waals surface area contributed by atoms with Gasteiger partial charge in [0.1, 0.15) is 0 Å². The van der Waals surface area contributed by atoms with Crippen molar-refractivity contribution >= 4 is 18.6 Å². The monoisotopic (exact) mass is 303 g/mol. The van der Waals surface area contributed by atoms with Crippen LogP contribution in [0.1, 0.15) is 40.5 Å². The molecule has 1 aliphatic rings. The Balaban J connectivity index is 2.28. The second-order valence-corrected chi connectivity index (χ2v) is 8.00.